The van der Waals surface area contributed by atoms with Crippen molar-refractivity contribution in [3.05, 3.63) is 109 Å². The Labute approximate surface area is 234 Å². The highest BCUT2D eigenvalue weighted by molar-refractivity contribution is 6.35. The topological polar surface area (TPSA) is 74.3 Å². The number of ether oxygens (including phenoxy) is 1. The fourth-order valence-corrected chi connectivity index (χ4v) is 5.47. The Morgan fingerprint density at radius 2 is 1.67 bits per heavy atom. The number of aromatic nitrogens is 4. The summed E-state index contributed by atoms with van der Waals surface area (Å²) in [6.07, 6.45) is 0. The third-order valence-electron chi connectivity index (χ3n) is 6.91. The second-order valence-corrected chi connectivity index (χ2v) is 10.6. The largest absolute Gasteiger partial charge is 0.457 e. The van der Waals surface area contributed by atoms with E-state index in [0.29, 0.717) is 45.8 Å². The summed E-state index contributed by atoms with van der Waals surface area (Å²) in [6, 6.07) is 22.4. The van der Waals surface area contributed by atoms with Crippen LogP contribution in [0, 0.1) is 5.92 Å². The van der Waals surface area contributed by atoms with Gasteiger partial charge in [0.25, 0.3) is 5.56 Å². The molecule has 0 N–H and O–H groups in total. The van der Waals surface area contributed by atoms with E-state index in [9.17, 15) is 9.59 Å². The third-order valence-corrected chi connectivity index (χ3v) is 7.50. The predicted octanol–water partition coefficient (Wildman–Crippen LogP) is 5.83. The zero-order valence-electron chi connectivity index (χ0n) is 21.3. The molecule has 0 radical (unpaired) electrons. The molecule has 3 heterocycles. The van der Waals surface area contributed by atoms with Gasteiger partial charge in [0, 0.05) is 35.9 Å². The highest BCUT2D eigenvalue weighted by Gasteiger charge is 2.30. The lowest BCUT2D eigenvalue weighted by atomic mass is 10.1. The number of para-hydroxylation sites is 1. The minimum Gasteiger partial charge on any atom is -0.457 e. The maximum Gasteiger partial charge on any atom is 0.332 e. The van der Waals surface area contributed by atoms with E-state index >= 15 is 0 Å². The van der Waals surface area contributed by atoms with Crippen LogP contribution in [0.25, 0.3) is 11.2 Å². The van der Waals surface area contributed by atoms with Crippen LogP contribution < -0.4 is 20.9 Å². The standard InChI is InChI=1S/C29H25Cl2N5O3/c1-18-15-34(21-10-12-23(13-11-21)39-22-6-4-3-5-7-22)28-32-26-25(35(28)16-18)27(37)36(29(38)33(26)2)17-19-8-9-20(30)14-24(19)31/h3-14,18H,15-17H2,1-2H3. The molecule has 1 aliphatic heterocycles. The summed E-state index contributed by atoms with van der Waals surface area (Å²) in [5.41, 5.74) is 1.41. The molecule has 0 spiro atoms. The van der Waals surface area contributed by atoms with Gasteiger partial charge in [-0.05, 0) is 60.0 Å². The second-order valence-electron chi connectivity index (χ2n) is 9.79. The predicted molar refractivity (Wildman–Crippen MR) is 154 cm³/mol. The van der Waals surface area contributed by atoms with Gasteiger partial charge in [-0.25, -0.2) is 4.79 Å². The highest BCUT2D eigenvalue weighted by atomic mass is 35.5. The number of rotatable bonds is 5. The quantitative estimate of drug-likeness (QED) is 0.270. The molecule has 3 aromatic carbocycles. The average molecular weight is 562 g/mol. The first kappa shape index (κ1) is 25.3. The van der Waals surface area contributed by atoms with Crippen molar-refractivity contribution in [2.24, 2.45) is 13.0 Å². The molecule has 198 valence electrons. The number of hydrogen-bond acceptors (Lipinski definition) is 5. The third kappa shape index (κ3) is 4.60. The zero-order valence-corrected chi connectivity index (χ0v) is 22.9. The molecule has 39 heavy (non-hydrogen) atoms. The van der Waals surface area contributed by atoms with E-state index in [-0.39, 0.29) is 12.5 Å². The van der Waals surface area contributed by atoms with Crippen LogP contribution in [0.2, 0.25) is 10.0 Å². The SMILES string of the molecule is CC1CN(c2ccc(Oc3ccccc3)cc2)c2nc3c(c(=O)n(Cc4ccc(Cl)cc4Cl)c(=O)n3C)n2C1. The summed E-state index contributed by atoms with van der Waals surface area (Å²) in [6.45, 7) is 3.47. The molecule has 0 aliphatic carbocycles. The van der Waals surface area contributed by atoms with Gasteiger partial charge >= 0.3 is 5.69 Å². The van der Waals surface area contributed by atoms with Gasteiger partial charge in [0.2, 0.25) is 5.95 Å². The van der Waals surface area contributed by atoms with Crippen LogP contribution in [-0.4, -0.2) is 25.2 Å². The number of halogens is 2. The second kappa shape index (κ2) is 9.94. The minimum atomic E-state index is -0.462. The van der Waals surface area contributed by atoms with Crippen molar-refractivity contribution in [1.82, 2.24) is 18.7 Å². The fourth-order valence-electron chi connectivity index (χ4n) is 5.00. The van der Waals surface area contributed by atoms with Gasteiger partial charge in [0.1, 0.15) is 11.5 Å². The molecule has 2 aromatic heterocycles. The number of imidazole rings is 1. The molecule has 5 aromatic rings. The Balaban J connectivity index is 1.42. The molecule has 0 amide bonds. The summed E-state index contributed by atoms with van der Waals surface area (Å²) in [5.74, 6) is 2.32. The van der Waals surface area contributed by atoms with Crippen molar-refractivity contribution in [2.75, 3.05) is 11.4 Å². The van der Waals surface area contributed by atoms with Crippen molar-refractivity contribution in [1.29, 1.82) is 0 Å². The van der Waals surface area contributed by atoms with Crippen molar-refractivity contribution < 1.29 is 4.74 Å². The molecule has 10 heteroatoms. The summed E-state index contributed by atoms with van der Waals surface area (Å²) in [5, 5.41) is 0.879. The van der Waals surface area contributed by atoms with E-state index in [1.54, 1.807) is 25.2 Å². The van der Waals surface area contributed by atoms with Gasteiger partial charge < -0.3 is 14.2 Å². The molecule has 0 saturated heterocycles. The van der Waals surface area contributed by atoms with Gasteiger partial charge in [0.05, 0.1) is 6.54 Å². The average Bonchev–Trinajstić information content (AvgIpc) is 3.31. The van der Waals surface area contributed by atoms with E-state index in [2.05, 4.69) is 11.8 Å². The molecule has 1 unspecified atom stereocenters. The van der Waals surface area contributed by atoms with E-state index in [1.807, 2.05) is 59.2 Å². The molecule has 0 bridgehead atoms. The van der Waals surface area contributed by atoms with Gasteiger partial charge in [-0.1, -0.05) is 54.4 Å². The van der Waals surface area contributed by atoms with E-state index in [1.165, 1.54) is 9.13 Å². The Bertz CT molecular complexity index is 1810. The fraction of sp³-hybridized carbons (Fsp3) is 0.207. The number of fused-ring (bicyclic) bond motifs is 3. The van der Waals surface area contributed by atoms with Gasteiger partial charge in [-0.2, -0.15) is 4.98 Å². The summed E-state index contributed by atoms with van der Waals surface area (Å²) in [7, 11) is 1.63. The number of aryl methyl sites for hydroxylation is 1. The Hall–Kier alpha value is -4.01. The van der Waals surface area contributed by atoms with Crippen LogP contribution in [0.3, 0.4) is 0 Å². The van der Waals surface area contributed by atoms with Crippen LogP contribution in [-0.2, 0) is 20.1 Å². The molecule has 0 saturated carbocycles. The van der Waals surface area contributed by atoms with Crippen LogP contribution in [0.1, 0.15) is 12.5 Å². The lowest BCUT2D eigenvalue weighted by molar-refractivity contribution is 0.457. The Morgan fingerprint density at radius 3 is 2.38 bits per heavy atom. The van der Waals surface area contributed by atoms with E-state index < -0.39 is 11.2 Å². The van der Waals surface area contributed by atoms with Crippen molar-refractivity contribution in [2.45, 2.75) is 20.0 Å². The van der Waals surface area contributed by atoms with E-state index in [0.717, 1.165) is 17.2 Å². The van der Waals surface area contributed by atoms with Crippen LogP contribution >= 0.6 is 23.2 Å². The number of nitrogens with zero attached hydrogens (tertiary/aromatic N) is 5. The Kier molecular flexibility index (Phi) is 6.45. The lowest BCUT2D eigenvalue weighted by Crippen LogP contribution is -2.40. The normalized spacial score (nSPS) is 15.0. The smallest absolute Gasteiger partial charge is 0.332 e. The van der Waals surface area contributed by atoms with Crippen LogP contribution in [0.15, 0.2) is 82.4 Å². The van der Waals surface area contributed by atoms with Gasteiger partial charge in [-0.3, -0.25) is 13.9 Å². The number of hydrogen-bond donors (Lipinski definition) is 0. The zero-order chi connectivity index (χ0) is 27.3. The van der Waals surface area contributed by atoms with Crippen LogP contribution in [0.4, 0.5) is 11.6 Å². The minimum absolute atomic E-state index is 0.0279. The van der Waals surface area contributed by atoms with Crippen molar-refractivity contribution in [3.63, 3.8) is 0 Å². The highest BCUT2D eigenvalue weighted by Crippen LogP contribution is 2.34. The molecular formula is C29H25Cl2N5O3. The van der Waals surface area contributed by atoms with Gasteiger partial charge in [0.15, 0.2) is 11.2 Å². The van der Waals surface area contributed by atoms with E-state index in [4.69, 9.17) is 32.9 Å². The first-order valence-electron chi connectivity index (χ1n) is 12.5. The molecule has 1 atom stereocenters. The molecule has 8 nitrogen and oxygen atoms in total. The first-order valence-corrected chi connectivity index (χ1v) is 13.3. The lowest BCUT2D eigenvalue weighted by Gasteiger charge is -2.33. The molecular weight excluding hydrogens is 537 g/mol. The summed E-state index contributed by atoms with van der Waals surface area (Å²) < 4.78 is 10.5. The van der Waals surface area contributed by atoms with Crippen molar-refractivity contribution >= 4 is 46.0 Å². The molecule has 6 rings (SSSR count). The maximum absolute atomic E-state index is 13.8. The first-order chi connectivity index (χ1) is 18.8. The molecule has 1 aliphatic rings. The number of anilines is 2. The van der Waals surface area contributed by atoms with Gasteiger partial charge in [-0.15, -0.1) is 0 Å². The summed E-state index contributed by atoms with van der Waals surface area (Å²) >= 11 is 12.4. The van der Waals surface area contributed by atoms with Crippen molar-refractivity contribution in [3.8, 4) is 11.5 Å². The molecule has 0 fully saturated rings. The Morgan fingerprint density at radius 1 is 0.949 bits per heavy atom. The summed E-state index contributed by atoms with van der Waals surface area (Å²) in [4.78, 5) is 33.9. The number of benzene rings is 3. The maximum atomic E-state index is 13.8. The monoisotopic (exact) mass is 561 g/mol. The van der Waals surface area contributed by atoms with Crippen LogP contribution in [0.5, 0.6) is 11.5 Å².